The minimum absolute atomic E-state index is 0.00576. The van der Waals surface area contributed by atoms with Crippen LogP contribution in [0.1, 0.15) is 25.3 Å². The first kappa shape index (κ1) is 24.9. The summed E-state index contributed by atoms with van der Waals surface area (Å²) in [5.74, 6) is -1.36. The molecule has 0 spiro atoms. The predicted octanol–water partition coefficient (Wildman–Crippen LogP) is 3.83. The topological polar surface area (TPSA) is 97.0 Å². The Morgan fingerprint density at radius 2 is 1.79 bits per heavy atom. The van der Waals surface area contributed by atoms with Crippen LogP contribution < -0.4 is 15.4 Å². The van der Waals surface area contributed by atoms with E-state index in [1.165, 1.54) is 24.0 Å². The molecule has 1 aliphatic heterocycles. The van der Waals surface area contributed by atoms with Gasteiger partial charge in [-0.3, -0.25) is 14.5 Å². The van der Waals surface area contributed by atoms with Crippen molar-refractivity contribution < 1.29 is 37.0 Å². The number of hydrogen-bond acceptors (Lipinski definition) is 5. The van der Waals surface area contributed by atoms with E-state index < -0.39 is 36.2 Å². The molecular weight excluding hydrogens is 455 g/mol. The molecule has 1 saturated heterocycles. The number of rotatable bonds is 7. The zero-order valence-corrected chi connectivity index (χ0v) is 18.3. The molecule has 0 aromatic heterocycles. The Balaban J connectivity index is 1.72. The van der Waals surface area contributed by atoms with Crippen LogP contribution in [0.4, 0.5) is 23.7 Å². The van der Waals surface area contributed by atoms with Crippen LogP contribution in [0.5, 0.6) is 5.75 Å². The molecule has 1 aliphatic rings. The summed E-state index contributed by atoms with van der Waals surface area (Å²) in [7, 11) is 0. The van der Waals surface area contributed by atoms with Gasteiger partial charge in [0.2, 0.25) is 11.8 Å². The van der Waals surface area contributed by atoms with Gasteiger partial charge < -0.3 is 20.1 Å². The van der Waals surface area contributed by atoms with Crippen LogP contribution in [0.25, 0.3) is 0 Å². The Bertz CT molecular complexity index is 1020. The smallest absolute Gasteiger partial charge is 0.445 e. The highest BCUT2D eigenvalue weighted by molar-refractivity contribution is 5.97. The number of halogens is 3. The number of ether oxygens (including phenoxy) is 2. The molecule has 2 aromatic rings. The van der Waals surface area contributed by atoms with Gasteiger partial charge in [0, 0.05) is 25.2 Å². The number of carbonyl (C=O) groups is 3. The second-order valence-electron chi connectivity index (χ2n) is 7.70. The maximum atomic E-state index is 13.0. The van der Waals surface area contributed by atoms with Crippen molar-refractivity contribution in [2.75, 3.05) is 11.9 Å². The highest BCUT2D eigenvalue weighted by Gasteiger charge is 2.42. The summed E-state index contributed by atoms with van der Waals surface area (Å²) in [6, 6.07) is 12.4. The maximum Gasteiger partial charge on any atom is 0.573 e. The van der Waals surface area contributed by atoms with Crippen molar-refractivity contribution in [3.63, 3.8) is 0 Å². The third-order valence-corrected chi connectivity index (χ3v) is 5.14. The Morgan fingerprint density at radius 1 is 1.06 bits per heavy atom. The fourth-order valence-electron chi connectivity index (χ4n) is 3.67. The van der Waals surface area contributed by atoms with Gasteiger partial charge in [0.1, 0.15) is 18.4 Å². The number of carbonyl (C=O) groups excluding carboxylic acids is 3. The van der Waals surface area contributed by atoms with Crippen LogP contribution in [0.2, 0.25) is 0 Å². The normalized spacial score (nSPS) is 17.7. The largest absolute Gasteiger partial charge is 0.573 e. The van der Waals surface area contributed by atoms with Gasteiger partial charge in [-0.25, -0.2) is 4.79 Å². The van der Waals surface area contributed by atoms with E-state index >= 15 is 0 Å². The number of likely N-dealkylation sites (tertiary alicyclic amines) is 1. The van der Waals surface area contributed by atoms with Crippen LogP contribution >= 0.6 is 0 Å². The first-order valence-electron chi connectivity index (χ1n) is 10.5. The van der Waals surface area contributed by atoms with Gasteiger partial charge in [0.15, 0.2) is 0 Å². The van der Waals surface area contributed by atoms with E-state index in [-0.39, 0.29) is 31.2 Å². The molecule has 3 rings (SSSR count). The second-order valence-corrected chi connectivity index (χ2v) is 7.70. The molecule has 3 amide bonds. The maximum absolute atomic E-state index is 13.0. The van der Waals surface area contributed by atoms with Crippen LogP contribution in [-0.2, 0) is 20.9 Å². The molecule has 2 atom stereocenters. The molecule has 1 fully saturated rings. The summed E-state index contributed by atoms with van der Waals surface area (Å²) in [5, 5.41) is 5.17. The van der Waals surface area contributed by atoms with Crippen molar-refractivity contribution in [3.8, 4) is 5.75 Å². The zero-order valence-electron chi connectivity index (χ0n) is 18.3. The van der Waals surface area contributed by atoms with Gasteiger partial charge in [0.25, 0.3) is 0 Å². The zero-order chi connectivity index (χ0) is 24.7. The molecule has 0 radical (unpaired) electrons. The molecule has 0 saturated carbocycles. The van der Waals surface area contributed by atoms with Gasteiger partial charge >= 0.3 is 12.5 Å². The Kier molecular flexibility index (Phi) is 7.98. The summed E-state index contributed by atoms with van der Waals surface area (Å²) < 4.78 is 46.8. The molecule has 2 aromatic carbocycles. The van der Waals surface area contributed by atoms with Gasteiger partial charge in [-0.15, -0.1) is 13.2 Å². The van der Waals surface area contributed by atoms with Crippen LogP contribution in [0.15, 0.2) is 54.6 Å². The van der Waals surface area contributed by atoms with E-state index in [2.05, 4.69) is 15.4 Å². The van der Waals surface area contributed by atoms with E-state index in [1.807, 2.05) is 6.07 Å². The minimum atomic E-state index is -4.87. The average Bonchev–Trinajstić information content (AvgIpc) is 3.20. The van der Waals surface area contributed by atoms with E-state index in [0.717, 1.165) is 17.7 Å². The molecular formula is C23H24F3N3O5. The SMILES string of the molecule is CC(=O)NC[C@H]1CC[C@@H](C(=O)Nc2cccc(OC(F)(F)F)c2)N1C(=O)OCc1ccccc1. The summed E-state index contributed by atoms with van der Waals surface area (Å²) in [4.78, 5) is 38.5. The van der Waals surface area contributed by atoms with Gasteiger partial charge in [-0.2, -0.15) is 0 Å². The van der Waals surface area contributed by atoms with Crippen LogP contribution in [0, 0.1) is 0 Å². The van der Waals surface area contributed by atoms with Crippen molar-refractivity contribution in [3.05, 3.63) is 60.2 Å². The van der Waals surface area contributed by atoms with E-state index in [9.17, 15) is 27.6 Å². The highest BCUT2D eigenvalue weighted by atomic mass is 19.4. The number of nitrogens with zero attached hydrogens (tertiary/aromatic N) is 1. The average molecular weight is 479 g/mol. The van der Waals surface area contributed by atoms with Gasteiger partial charge in [-0.1, -0.05) is 36.4 Å². The summed E-state index contributed by atoms with van der Waals surface area (Å²) in [6.45, 7) is 1.47. The molecule has 2 N–H and O–H groups in total. The molecule has 0 bridgehead atoms. The molecule has 8 nitrogen and oxygen atoms in total. The molecule has 11 heteroatoms. The minimum Gasteiger partial charge on any atom is -0.445 e. The monoisotopic (exact) mass is 479 g/mol. The Hall–Kier alpha value is -3.76. The standard InChI is InChI=1S/C23H24F3N3O5/c1-15(30)27-13-18-10-11-20(29(18)22(32)33-14-16-6-3-2-4-7-16)21(31)28-17-8-5-9-19(12-17)34-23(24,25)26/h2-9,12,18,20H,10-11,13-14H2,1H3,(H,27,30)(H,28,31)/t18-,20+/m1/s1. The lowest BCUT2D eigenvalue weighted by atomic mass is 10.2. The van der Waals surface area contributed by atoms with E-state index in [1.54, 1.807) is 24.3 Å². The van der Waals surface area contributed by atoms with Crippen LogP contribution in [0.3, 0.4) is 0 Å². The quantitative estimate of drug-likeness (QED) is 0.629. The van der Waals surface area contributed by atoms with Crippen molar-refractivity contribution in [1.29, 1.82) is 0 Å². The summed E-state index contributed by atoms with van der Waals surface area (Å²) in [6.07, 6.45) is -4.89. The number of nitrogens with one attached hydrogen (secondary N) is 2. The predicted molar refractivity (Wildman–Crippen MR) is 116 cm³/mol. The number of hydrogen-bond donors (Lipinski definition) is 2. The number of amides is 3. The van der Waals surface area contributed by atoms with E-state index in [0.29, 0.717) is 6.42 Å². The highest BCUT2D eigenvalue weighted by Crippen LogP contribution is 2.28. The van der Waals surface area contributed by atoms with Gasteiger partial charge in [-0.05, 0) is 30.5 Å². The van der Waals surface area contributed by atoms with E-state index in [4.69, 9.17) is 4.74 Å². The first-order chi connectivity index (χ1) is 16.1. The lowest BCUT2D eigenvalue weighted by Gasteiger charge is -2.29. The number of benzene rings is 2. The lowest BCUT2D eigenvalue weighted by molar-refractivity contribution is -0.274. The summed E-state index contributed by atoms with van der Waals surface area (Å²) >= 11 is 0. The molecule has 1 heterocycles. The molecule has 0 aliphatic carbocycles. The number of alkyl halides is 3. The number of anilines is 1. The van der Waals surface area contributed by atoms with Crippen molar-refractivity contribution >= 4 is 23.6 Å². The van der Waals surface area contributed by atoms with Crippen LogP contribution in [-0.4, -0.2) is 47.8 Å². The Morgan fingerprint density at radius 3 is 2.47 bits per heavy atom. The fourth-order valence-corrected chi connectivity index (χ4v) is 3.67. The lowest BCUT2D eigenvalue weighted by Crippen LogP contribution is -2.50. The Labute approximate surface area is 194 Å². The van der Waals surface area contributed by atoms with Crippen molar-refractivity contribution in [1.82, 2.24) is 10.2 Å². The van der Waals surface area contributed by atoms with Crippen molar-refractivity contribution in [2.24, 2.45) is 0 Å². The summed E-state index contributed by atoms with van der Waals surface area (Å²) in [5.41, 5.74) is 0.839. The third kappa shape index (κ3) is 7.12. The second kappa shape index (κ2) is 10.9. The molecule has 182 valence electrons. The third-order valence-electron chi connectivity index (χ3n) is 5.14. The van der Waals surface area contributed by atoms with Gasteiger partial charge in [0.05, 0.1) is 6.04 Å². The first-order valence-corrected chi connectivity index (χ1v) is 10.5. The molecule has 0 unspecified atom stereocenters. The van der Waals surface area contributed by atoms with Crippen molar-refractivity contribution in [2.45, 2.75) is 44.8 Å². The fraction of sp³-hybridized carbons (Fsp3) is 0.348. The molecule has 34 heavy (non-hydrogen) atoms.